The van der Waals surface area contributed by atoms with Gasteiger partial charge in [-0.1, -0.05) is 19.1 Å². The van der Waals surface area contributed by atoms with Crippen LogP contribution in [0.3, 0.4) is 0 Å². The number of fused-ring (bicyclic) bond motifs is 5. The highest BCUT2D eigenvalue weighted by Crippen LogP contribution is 2.68. The number of hydrogen-bond acceptors (Lipinski definition) is 5. The third kappa shape index (κ3) is 3.41. The lowest BCUT2D eigenvalue weighted by Crippen LogP contribution is -2.56. The number of esters is 1. The Morgan fingerprint density at radius 3 is 2.52 bits per heavy atom. The van der Waals surface area contributed by atoms with E-state index in [9.17, 15) is 4.79 Å². The highest BCUT2D eigenvalue weighted by molar-refractivity contribution is 5.66. The molecule has 9 atom stereocenters. The molecule has 0 radical (unpaired) electrons. The minimum Gasteiger partial charge on any atom is -0.460 e. The molecule has 1 saturated heterocycles. The monoisotopic (exact) mass is 454 g/mol. The number of hydrogen-bond donors (Lipinski definition) is 0. The summed E-state index contributed by atoms with van der Waals surface area (Å²) in [6.07, 6.45) is 16.9. The van der Waals surface area contributed by atoms with Crippen molar-refractivity contribution >= 4 is 5.97 Å². The predicted octanol–water partition coefficient (Wildman–Crippen LogP) is 4.87. The highest BCUT2D eigenvalue weighted by Gasteiger charge is 2.64. The Kier molecular flexibility index (Phi) is 5.39. The topological polar surface area (TPSA) is 60.3 Å². The maximum atomic E-state index is 12.1. The summed E-state index contributed by atoms with van der Waals surface area (Å²) >= 11 is 0. The molecule has 0 amide bonds. The number of nitrogens with zero attached hydrogens (tertiary/aromatic N) is 4. The van der Waals surface area contributed by atoms with Crippen LogP contribution in [0.4, 0.5) is 0 Å². The molecule has 5 aliphatic rings. The number of likely N-dealkylation sites (tertiary alicyclic amines) is 1. The van der Waals surface area contributed by atoms with Crippen molar-refractivity contribution in [3.8, 4) is 0 Å². The van der Waals surface area contributed by atoms with Crippen molar-refractivity contribution in [3.05, 3.63) is 12.4 Å². The molecule has 5 fully saturated rings. The fourth-order valence-corrected chi connectivity index (χ4v) is 9.68. The number of ether oxygens (including phenoxy) is 1. The first kappa shape index (κ1) is 22.1. The molecule has 1 aliphatic heterocycles. The van der Waals surface area contributed by atoms with Gasteiger partial charge < -0.3 is 9.64 Å². The first-order valence-electron chi connectivity index (χ1n) is 13.7. The fourth-order valence-electron chi connectivity index (χ4n) is 9.68. The zero-order chi connectivity index (χ0) is 22.8. The first-order chi connectivity index (χ1) is 15.9. The molecule has 0 bridgehead atoms. The van der Waals surface area contributed by atoms with E-state index in [1.165, 1.54) is 70.9 Å². The highest BCUT2D eigenvalue weighted by atomic mass is 16.5. The molecule has 0 N–H and O–H groups in total. The van der Waals surface area contributed by atoms with E-state index in [-0.39, 0.29) is 23.5 Å². The molecular formula is C27H42N4O2. The van der Waals surface area contributed by atoms with Gasteiger partial charge in [0.15, 0.2) is 0 Å². The minimum absolute atomic E-state index is 0.0411. The lowest BCUT2D eigenvalue weighted by molar-refractivity contribution is -0.164. The van der Waals surface area contributed by atoms with Crippen LogP contribution < -0.4 is 0 Å². The number of carbonyl (C=O) groups is 1. The standard InChI is InChI=1S/C27H42N4O2/c1-18(32)33-25-24(31-15-12-28-29-31)17-23-21-7-6-19-16-20(30-13-4-5-14-30)8-10-26(19,2)22(21)9-11-27(23,25)3/h12,15,19-25H,4-11,13-14,16-17H2,1-3H3/t19?,20-,21?,22?,23?,24-,25-,26-,27-/m0/s1. The summed E-state index contributed by atoms with van der Waals surface area (Å²) in [6.45, 7) is 9.30. The van der Waals surface area contributed by atoms with Gasteiger partial charge in [-0.3, -0.25) is 4.79 Å². The van der Waals surface area contributed by atoms with Gasteiger partial charge in [-0.15, -0.1) is 5.10 Å². The second-order valence-electron chi connectivity index (χ2n) is 12.6. The maximum absolute atomic E-state index is 12.1. The van der Waals surface area contributed by atoms with Gasteiger partial charge in [-0.25, -0.2) is 4.68 Å². The van der Waals surface area contributed by atoms with Crippen LogP contribution in [0.1, 0.15) is 91.0 Å². The van der Waals surface area contributed by atoms with E-state index < -0.39 is 0 Å². The lowest BCUT2D eigenvalue weighted by atomic mass is 9.45. The summed E-state index contributed by atoms with van der Waals surface area (Å²) in [4.78, 5) is 14.9. The summed E-state index contributed by atoms with van der Waals surface area (Å²) in [5.41, 5.74) is 0.530. The van der Waals surface area contributed by atoms with Crippen LogP contribution in [0, 0.1) is 34.5 Å². The second kappa shape index (κ2) is 8.07. The number of rotatable bonds is 3. The average molecular weight is 455 g/mol. The van der Waals surface area contributed by atoms with Gasteiger partial charge in [-0.05, 0) is 106 Å². The lowest BCUT2D eigenvalue weighted by Gasteiger charge is -2.61. The van der Waals surface area contributed by atoms with Crippen molar-refractivity contribution in [3.63, 3.8) is 0 Å². The molecule has 6 nitrogen and oxygen atoms in total. The van der Waals surface area contributed by atoms with Gasteiger partial charge >= 0.3 is 5.97 Å². The van der Waals surface area contributed by atoms with Gasteiger partial charge in [-0.2, -0.15) is 0 Å². The SMILES string of the molecule is CC(=O)O[C@H]1[C@@H](n2ccnn2)CC2C3CCC4C[C@@H](N5CCCC5)CC[C@]4(C)C3CC[C@@]21C. The molecule has 1 aromatic heterocycles. The molecule has 2 heterocycles. The van der Waals surface area contributed by atoms with Crippen molar-refractivity contribution < 1.29 is 9.53 Å². The zero-order valence-electron chi connectivity index (χ0n) is 20.8. The van der Waals surface area contributed by atoms with Crippen LogP contribution in [-0.2, 0) is 9.53 Å². The van der Waals surface area contributed by atoms with E-state index in [1.54, 1.807) is 13.1 Å². The van der Waals surface area contributed by atoms with E-state index in [0.717, 1.165) is 30.2 Å². The van der Waals surface area contributed by atoms with Gasteiger partial charge in [0.05, 0.1) is 12.2 Å². The van der Waals surface area contributed by atoms with Crippen LogP contribution in [0.2, 0.25) is 0 Å². The fraction of sp³-hybridized carbons (Fsp3) is 0.889. The molecular weight excluding hydrogens is 412 g/mol. The number of carbonyl (C=O) groups excluding carboxylic acids is 1. The Morgan fingerprint density at radius 1 is 1.00 bits per heavy atom. The first-order valence-corrected chi connectivity index (χ1v) is 13.7. The largest absolute Gasteiger partial charge is 0.460 e. The maximum Gasteiger partial charge on any atom is 0.302 e. The Morgan fingerprint density at radius 2 is 1.79 bits per heavy atom. The van der Waals surface area contributed by atoms with Crippen molar-refractivity contribution in [2.75, 3.05) is 13.1 Å². The summed E-state index contributed by atoms with van der Waals surface area (Å²) < 4.78 is 8.04. The van der Waals surface area contributed by atoms with Crippen LogP contribution >= 0.6 is 0 Å². The van der Waals surface area contributed by atoms with Crippen molar-refractivity contribution in [2.24, 2.45) is 34.5 Å². The van der Waals surface area contributed by atoms with Gasteiger partial charge in [0.2, 0.25) is 0 Å². The predicted molar refractivity (Wildman–Crippen MR) is 126 cm³/mol. The van der Waals surface area contributed by atoms with Gasteiger partial charge in [0.1, 0.15) is 6.10 Å². The molecule has 182 valence electrons. The summed E-state index contributed by atoms with van der Waals surface area (Å²) in [6, 6.07) is 0.953. The van der Waals surface area contributed by atoms with E-state index >= 15 is 0 Å². The summed E-state index contributed by atoms with van der Waals surface area (Å²) in [5, 5.41) is 8.42. The summed E-state index contributed by atoms with van der Waals surface area (Å²) in [7, 11) is 0. The smallest absolute Gasteiger partial charge is 0.302 e. The molecule has 33 heavy (non-hydrogen) atoms. The van der Waals surface area contributed by atoms with Crippen LogP contribution in [0.5, 0.6) is 0 Å². The van der Waals surface area contributed by atoms with Crippen LogP contribution in [0.15, 0.2) is 12.4 Å². The molecule has 6 rings (SSSR count). The third-order valence-electron chi connectivity index (χ3n) is 11.3. The van der Waals surface area contributed by atoms with Crippen molar-refractivity contribution in [1.82, 2.24) is 19.9 Å². The van der Waals surface area contributed by atoms with E-state index in [4.69, 9.17) is 4.74 Å². The Bertz CT molecular complexity index is 867. The van der Waals surface area contributed by atoms with E-state index in [0.29, 0.717) is 11.3 Å². The van der Waals surface area contributed by atoms with Crippen molar-refractivity contribution in [2.45, 2.75) is 103 Å². The quantitative estimate of drug-likeness (QED) is 0.610. The zero-order valence-corrected chi connectivity index (χ0v) is 20.8. The van der Waals surface area contributed by atoms with E-state index in [2.05, 4.69) is 29.1 Å². The van der Waals surface area contributed by atoms with Crippen LogP contribution in [0.25, 0.3) is 0 Å². The van der Waals surface area contributed by atoms with Gasteiger partial charge in [0.25, 0.3) is 0 Å². The van der Waals surface area contributed by atoms with Crippen molar-refractivity contribution in [1.29, 1.82) is 0 Å². The molecule has 4 saturated carbocycles. The second-order valence-corrected chi connectivity index (χ2v) is 12.6. The normalized spacial score (nSPS) is 47.5. The molecule has 0 spiro atoms. The molecule has 4 unspecified atom stereocenters. The Hall–Kier alpha value is -1.43. The average Bonchev–Trinajstić information content (AvgIpc) is 3.54. The Balaban J connectivity index is 1.26. The molecule has 6 heteroatoms. The number of aromatic nitrogens is 3. The summed E-state index contributed by atoms with van der Waals surface area (Å²) in [5.74, 6) is 2.90. The molecule has 1 aromatic rings. The third-order valence-corrected chi connectivity index (χ3v) is 11.3. The van der Waals surface area contributed by atoms with Crippen LogP contribution in [-0.4, -0.2) is 51.1 Å². The Labute approximate surface area is 198 Å². The molecule has 4 aliphatic carbocycles. The van der Waals surface area contributed by atoms with Gasteiger partial charge in [0, 0.05) is 24.6 Å². The molecule has 0 aromatic carbocycles. The minimum atomic E-state index is -0.162. The van der Waals surface area contributed by atoms with E-state index in [1.807, 2.05) is 10.9 Å².